The molecule has 0 saturated carbocycles. The molecule has 2 rings (SSSR count). The molecule has 0 spiro atoms. The minimum absolute atomic E-state index is 0.124. The Balaban J connectivity index is 2.21. The molecule has 3 nitrogen and oxygen atoms in total. The van der Waals surface area contributed by atoms with E-state index in [1.165, 1.54) is 25.3 Å². The molecule has 0 aliphatic rings. The summed E-state index contributed by atoms with van der Waals surface area (Å²) in [6, 6.07) is 6.99. The SMILES string of the molecule is CC(=O)c1ccc(Oc2ccc(F)cc2Cl)cn1. The smallest absolute Gasteiger partial charge is 0.178 e. The first-order valence-corrected chi connectivity index (χ1v) is 5.54. The van der Waals surface area contributed by atoms with Crippen molar-refractivity contribution in [2.75, 3.05) is 0 Å². The van der Waals surface area contributed by atoms with E-state index in [-0.39, 0.29) is 10.8 Å². The highest BCUT2D eigenvalue weighted by Crippen LogP contribution is 2.29. The molecule has 2 aromatic rings. The summed E-state index contributed by atoms with van der Waals surface area (Å²) in [6.07, 6.45) is 1.41. The molecule has 0 saturated heterocycles. The predicted octanol–water partition coefficient (Wildman–Crippen LogP) is 3.87. The lowest BCUT2D eigenvalue weighted by atomic mass is 10.3. The molecule has 18 heavy (non-hydrogen) atoms. The number of hydrogen-bond donors (Lipinski definition) is 0. The van der Waals surface area contributed by atoms with Crippen molar-refractivity contribution in [1.82, 2.24) is 4.98 Å². The van der Waals surface area contributed by atoms with Crippen LogP contribution in [0.4, 0.5) is 4.39 Å². The zero-order valence-electron chi connectivity index (χ0n) is 9.48. The maximum atomic E-state index is 12.8. The Hall–Kier alpha value is -1.94. The summed E-state index contributed by atoms with van der Waals surface area (Å²) >= 11 is 5.82. The second-order valence-electron chi connectivity index (χ2n) is 3.61. The molecule has 0 amide bonds. The number of ketones is 1. The molecule has 0 radical (unpaired) electrons. The normalized spacial score (nSPS) is 10.2. The molecular formula is C13H9ClFNO2. The fourth-order valence-corrected chi connectivity index (χ4v) is 1.54. The lowest BCUT2D eigenvalue weighted by Gasteiger charge is -2.07. The van der Waals surface area contributed by atoms with E-state index in [0.29, 0.717) is 17.2 Å². The Morgan fingerprint density at radius 3 is 2.67 bits per heavy atom. The van der Waals surface area contributed by atoms with Crippen LogP contribution in [0.1, 0.15) is 17.4 Å². The highest BCUT2D eigenvalue weighted by Gasteiger charge is 2.06. The number of ether oxygens (including phenoxy) is 1. The van der Waals surface area contributed by atoms with Gasteiger partial charge in [-0.25, -0.2) is 9.37 Å². The Labute approximate surface area is 108 Å². The third-order valence-corrected chi connectivity index (χ3v) is 2.51. The van der Waals surface area contributed by atoms with Crippen LogP contribution in [0, 0.1) is 5.82 Å². The van der Waals surface area contributed by atoms with Gasteiger partial charge < -0.3 is 4.74 Å². The molecule has 1 aromatic heterocycles. The molecular weight excluding hydrogens is 257 g/mol. The summed E-state index contributed by atoms with van der Waals surface area (Å²) in [5.74, 6) is 0.197. The number of pyridine rings is 1. The van der Waals surface area contributed by atoms with E-state index < -0.39 is 5.82 Å². The summed E-state index contributed by atoms with van der Waals surface area (Å²) in [5.41, 5.74) is 0.354. The van der Waals surface area contributed by atoms with Crippen LogP contribution < -0.4 is 4.74 Å². The average molecular weight is 266 g/mol. The van der Waals surface area contributed by atoms with Gasteiger partial charge in [0.2, 0.25) is 0 Å². The summed E-state index contributed by atoms with van der Waals surface area (Å²) in [7, 11) is 0. The molecule has 0 bridgehead atoms. The summed E-state index contributed by atoms with van der Waals surface area (Å²) in [6.45, 7) is 1.43. The average Bonchev–Trinajstić information content (AvgIpc) is 2.33. The van der Waals surface area contributed by atoms with Gasteiger partial charge in [-0.1, -0.05) is 11.6 Å². The third kappa shape index (κ3) is 2.84. The Morgan fingerprint density at radius 1 is 1.33 bits per heavy atom. The molecule has 5 heteroatoms. The molecule has 0 aliphatic heterocycles. The molecule has 1 heterocycles. The van der Waals surface area contributed by atoms with Gasteiger partial charge in [0.1, 0.15) is 23.0 Å². The lowest BCUT2D eigenvalue weighted by Crippen LogP contribution is -1.96. The zero-order valence-corrected chi connectivity index (χ0v) is 10.2. The van der Waals surface area contributed by atoms with Gasteiger partial charge in [-0.15, -0.1) is 0 Å². The number of rotatable bonds is 3. The number of Topliss-reactive ketones (excluding diaryl/α,β-unsaturated/α-hetero) is 1. The van der Waals surface area contributed by atoms with Gasteiger partial charge in [-0.05, 0) is 30.3 Å². The van der Waals surface area contributed by atoms with Crippen molar-refractivity contribution in [2.45, 2.75) is 6.92 Å². The molecule has 0 unspecified atom stereocenters. The number of benzene rings is 1. The second-order valence-corrected chi connectivity index (χ2v) is 4.02. The zero-order chi connectivity index (χ0) is 13.1. The topological polar surface area (TPSA) is 39.2 Å². The number of carbonyl (C=O) groups is 1. The van der Waals surface area contributed by atoms with Crippen LogP contribution in [-0.4, -0.2) is 10.8 Å². The van der Waals surface area contributed by atoms with Gasteiger partial charge in [0, 0.05) is 6.92 Å². The van der Waals surface area contributed by atoms with E-state index in [1.54, 1.807) is 12.1 Å². The quantitative estimate of drug-likeness (QED) is 0.791. The minimum Gasteiger partial charge on any atom is -0.454 e. The van der Waals surface area contributed by atoms with E-state index >= 15 is 0 Å². The standard InChI is InChI=1S/C13H9ClFNO2/c1-8(17)12-4-3-10(7-16-12)18-13-5-2-9(15)6-11(13)14/h2-7H,1H3. The van der Waals surface area contributed by atoms with E-state index in [1.807, 2.05) is 0 Å². The maximum absolute atomic E-state index is 12.8. The van der Waals surface area contributed by atoms with Crippen LogP contribution >= 0.6 is 11.6 Å². The van der Waals surface area contributed by atoms with E-state index in [0.717, 1.165) is 6.07 Å². The van der Waals surface area contributed by atoms with Gasteiger partial charge in [0.05, 0.1) is 11.2 Å². The monoisotopic (exact) mass is 265 g/mol. The second kappa shape index (κ2) is 5.14. The van der Waals surface area contributed by atoms with Crippen LogP contribution in [0.15, 0.2) is 36.5 Å². The summed E-state index contributed by atoms with van der Waals surface area (Å²) in [5, 5.41) is 0.172. The van der Waals surface area contributed by atoms with Gasteiger partial charge in [-0.3, -0.25) is 4.79 Å². The molecule has 92 valence electrons. The van der Waals surface area contributed by atoms with Crippen molar-refractivity contribution in [3.8, 4) is 11.5 Å². The molecule has 1 aromatic carbocycles. The van der Waals surface area contributed by atoms with Crippen molar-refractivity contribution >= 4 is 17.4 Å². The van der Waals surface area contributed by atoms with E-state index in [9.17, 15) is 9.18 Å². The van der Waals surface area contributed by atoms with Crippen molar-refractivity contribution in [3.05, 3.63) is 53.1 Å². The molecule has 0 fully saturated rings. The highest BCUT2D eigenvalue weighted by atomic mass is 35.5. The first-order chi connectivity index (χ1) is 8.56. The van der Waals surface area contributed by atoms with Crippen LogP contribution in [0.3, 0.4) is 0 Å². The lowest BCUT2D eigenvalue weighted by molar-refractivity contribution is 0.101. The van der Waals surface area contributed by atoms with Crippen LogP contribution in [0.25, 0.3) is 0 Å². The van der Waals surface area contributed by atoms with Gasteiger partial charge >= 0.3 is 0 Å². The van der Waals surface area contributed by atoms with Crippen LogP contribution in [-0.2, 0) is 0 Å². The number of aromatic nitrogens is 1. The van der Waals surface area contributed by atoms with E-state index in [2.05, 4.69) is 4.98 Å². The summed E-state index contributed by atoms with van der Waals surface area (Å²) < 4.78 is 18.3. The molecule has 0 N–H and O–H groups in total. The number of hydrogen-bond acceptors (Lipinski definition) is 3. The Morgan fingerprint density at radius 2 is 2.11 bits per heavy atom. The van der Waals surface area contributed by atoms with Crippen molar-refractivity contribution < 1.29 is 13.9 Å². The van der Waals surface area contributed by atoms with Crippen molar-refractivity contribution in [3.63, 3.8) is 0 Å². The third-order valence-electron chi connectivity index (χ3n) is 2.22. The first kappa shape index (κ1) is 12.5. The van der Waals surface area contributed by atoms with Crippen LogP contribution in [0.5, 0.6) is 11.5 Å². The predicted molar refractivity (Wildman–Crippen MR) is 65.7 cm³/mol. The Bertz CT molecular complexity index is 584. The van der Waals surface area contributed by atoms with Gasteiger partial charge in [-0.2, -0.15) is 0 Å². The van der Waals surface area contributed by atoms with Gasteiger partial charge in [0.25, 0.3) is 0 Å². The van der Waals surface area contributed by atoms with Crippen molar-refractivity contribution in [2.24, 2.45) is 0 Å². The molecule has 0 atom stereocenters. The van der Waals surface area contributed by atoms with E-state index in [4.69, 9.17) is 16.3 Å². The number of carbonyl (C=O) groups excluding carboxylic acids is 1. The van der Waals surface area contributed by atoms with Crippen LogP contribution in [0.2, 0.25) is 5.02 Å². The highest BCUT2D eigenvalue weighted by molar-refractivity contribution is 6.32. The largest absolute Gasteiger partial charge is 0.454 e. The minimum atomic E-state index is -0.433. The fraction of sp³-hybridized carbons (Fsp3) is 0.0769. The van der Waals surface area contributed by atoms with Gasteiger partial charge in [0.15, 0.2) is 5.78 Å². The maximum Gasteiger partial charge on any atom is 0.178 e. The van der Waals surface area contributed by atoms with Crippen molar-refractivity contribution in [1.29, 1.82) is 0 Å². The fourth-order valence-electron chi connectivity index (χ4n) is 1.33. The number of nitrogens with zero attached hydrogens (tertiary/aromatic N) is 1. The number of halogens is 2. The Kier molecular flexibility index (Phi) is 3.58. The molecule has 0 aliphatic carbocycles. The first-order valence-electron chi connectivity index (χ1n) is 5.16. The summed E-state index contributed by atoms with van der Waals surface area (Å²) in [4.78, 5) is 15.0.